The molecule has 0 amide bonds. The lowest BCUT2D eigenvalue weighted by molar-refractivity contribution is 0.475. The third-order valence-corrected chi connectivity index (χ3v) is 4.63. The smallest absolute Gasteiger partial charge is 0.212 e. The first-order valence-electron chi connectivity index (χ1n) is 6.88. The lowest BCUT2D eigenvalue weighted by atomic mass is 9.93. The number of aliphatic imine (C=N–C) groups is 2. The number of nitrogens with one attached hydrogen (secondary N) is 2. The van der Waals surface area contributed by atoms with Crippen LogP contribution in [0.3, 0.4) is 0 Å². The fourth-order valence-electron chi connectivity index (χ4n) is 2.59. The van der Waals surface area contributed by atoms with Crippen molar-refractivity contribution >= 4 is 28.8 Å². The van der Waals surface area contributed by atoms with Crippen LogP contribution in [0.2, 0.25) is 0 Å². The molecule has 1 atom stereocenters. The Morgan fingerprint density at radius 1 is 1.26 bits per heavy atom. The van der Waals surface area contributed by atoms with Crippen molar-refractivity contribution in [2.45, 2.75) is 5.66 Å². The SMILES string of the molecule is N#CC1=NC23N=CNC=C2C=C(Nc2ccc(O)cc2)C=C3S1. The summed E-state index contributed by atoms with van der Waals surface area (Å²) in [6.07, 6.45) is 7.33. The molecule has 6 nitrogen and oxygen atoms in total. The van der Waals surface area contributed by atoms with Crippen molar-refractivity contribution in [2.75, 3.05) is 5.32 Å². The van der Waals surface area contributed by atoms with Crippen LogP contribution in [0.1, 0.15) is 0 Å². The molecule has 7 heteroatoms. The first kappa shape index (κ1) is 13.7. The second kappa shape index (κ2) is 5.04. The van der Waals surface area contributed by atoms with Crippen molar-refractivity contribution in [1.29, 1.82) is 5.26 Å². The van der Waals surface area contributed by atoms with Gasteiger partial charge in [-0.1, -0.05) is 11.8 Å². The third-order valence-electron chi connectivity index (χ3n) is 3.63. The highest BCUT2D eigenvalue weighted by atomic mass is 32.2. The van der Waals surface area contributed by atoms with Crippen LogP contribution >= 0.6 is 11.8 Å². The number of benzene rings is 1. The Labute approximate surface area is 136 Å². The molecule has 0 bridgehead atoms. The van der Waals surface area contributed by atoms with Gasteiger partial charge < -0.3 is 15.7 Å². The second-order valence-electron chi connectivity index (χ2n) is 5.11. The van der Waals surface area contributed by atoms with E-state index >= 15 is 0 Å². The molecule has 112 valence electrons. The van der Waals surface area contributed by atoms with E-state index in [1.807, 2.05) is 18.4 Å². The fraction of sp³-hybridized carbons (Fsp3) is 0.0625. The lowest BCUT2D eigenvalue weighted by Gasteiger charge is -2.30. The van der Waals surface area contributed by atoms with Gasteiger partial charge in [-0.3, -0.25) is 0 Å². The first-order valence-corrected chi connectivity index (χ1v) is 7.69. The molecule has 0 saturated carbocycles. The molecule has 0 radical (unpaired) electrons. The molecule has 1 aliphatic carbocycles. The quantitative estimate of drug-likeness (QED) is 0.728. The summed E-state index contributed by atoms with van der Waals surface area (Å²) in [4.78, 5) is 9.82. The molecule has 23 heavy (non-hydrogen) atoms. The van der Waals surface area contributed by atoms with Gasteiger partial charge in [0.1, 0.15) is 11.8 Å². The summed E-state index contributed by atoms with van der Waals surface area (Å²) in [7, 11) is 0. The minimum atomic E-state index is -0.818. The number of nitriles is 1. The van der Waals surface area contributed by atoms with Crippen molar-refractivity contribution in [3.8, 4) is 11.8 Å². The Kier molecular flexibility index (Phi) is 2.99. The van der Waals surface area contributed by atoms with E-state index in [4.69, 9.17) is 5.26 Å². The zero-order chi connectivity index (χ0) is 15.9. The van der Waals surface area contributed by atoms with Gasteiger partial charge in [-0.2, -0.15) is 5.26 Å². The molecule has 2 aliphatic heterocycles. The molecule has 4 rings (SSSR count). The van der Waals surface area contributed by atoms with Crippen LogP contribution in [-0.2, 0) is 0 Å². The number of nitrogens with zero attached hydrogens (tertiary/aromatic N) is 3. The van der Waals surface area contributed by atoms with Crippen molar-refractivity contribution in [2.24, 2.45) is 9.98 Å². The molecule has 3 N–H and O–H groups in total. The predicted molar refractivity (Wildman–Crippen MR) is 91.0 cm³/mol. The molecule has 1 aromatic rings. The standard InChI is InChI=1S/C16H11N5OS/c17-7-15-21-16-10(8-18-9-19-16)5-12(6-14(16)23-15)20-11-1-3-13(22)4-2-11/h1-6,8-9,20,22H,(H,18,19). The van der Waals surface area contributed by atoms with E-state index in [9.17, 15) is 5.11 Å². The maximum absolute atomic E-state index is 9.36. The number of anilines is 1. The van der Waals surface area contributed by atoms with Crippen molar-refractivity contribution in [3.05, 3.63) is 58.8 Å². The van der Waals surface area contributed by atoms with Gasteiger partial charge in [0.05, 0.1) is 6.34 Å². The summed E-state index contributed by atoms with van der Waals surface area (Å²) in [5.74, 6) is 0.220. The molecule has 1 spiro atoms. The van der Waals surface area contributed by atoms with Gasteiger partial charge in [0.2, 0.25) is 5.66 Å². The van der Waals surface area contributed by atoms with Gasteiger partial charge in [-0.25, -0.2) is 9.98 Å². The van der Waals surface area contributed by atoms with Gasteiger partial charge in [0, 0.05) is 28.1 Å². The van der Waals surface area contributed by atoms with E-state index < -0.39 is 5.66 Å². The van der Waals surface area contributed by atoms with Gasteiger partial charge >= 0.3 is 0 Å². The number of thioether (sulfide) groups is 1. The maximum Gasteiger partial charge on any atom is 0.212 e. The Balaban J connectivity index is 1.71. The monoisotopic (exact) mass is 321 g/mol. The van der Waals surface area contributed by atoms with Crippen LogP contribution in [0.25, 0.3) is 0 Å². The van der Waals surface area contributed by atoms with E-state index in [0.717, 1.165) is 21.9 Å². The van der Waals surface area contributed by atoms with Gasteiger partial charge in [0.15, 0.2) is 5.04 Å². The first-order chi connectivity index (χ1) is 11.2. The number of rotatable bonds is 2. The molecule has 1 aromatic carbocycles. The zero-order valence-corrected chi connectivity index (χ0v) is 12.6. The average Bonchev–Trinajstić information content (AvgIpc) is 2.93. The fourth-order valence-corrected chi connectivity index (χ4v) is 3.56. The van der Waals surface area contributed by atoms with Crippen molar-refractivity contribution in [3.63, 3.8) is 0 Å². The van der Waals surface area contributed by atoms with Crippen LogP contribution in [-0.4, -0.2) is 22.2 Å². The van der Waals surface area contributed by atoms with Gasteiger partial charge in [0.25, 0.3) is 0 Å². The molecule has 1 unspecified atom stereocenters. The zero-order valence-electron chi connectivity index (χ0n) is 11.8. The molecular weight excluding hydrogens is 310 g/mol. The largest absolute Gasteiger partial charge is 0.508 e. The lowest BCUT2D eigenvalue weighted by Crippen LogP contribution is -2.33. The highest BCUT2D eigenvalue weighted by Crippen LogP contribution is 2.49. The number of hydrogen-bond donors (Lipinski definition) is 3. The number of phenolic OH excluding ortho intramolecular Hbond substituents is 1. The molecule has 0 saturated heterocycles. The highest BCUT2D eigenvalue weighted by molar-refractivity contribution is 8.18. The van der Waals surface area contributed by atoms with Crippen LogP contribution in [0.5, 0.6) is 5.75 Å². The minimum absolute atomic E-state index is 0.220. The van der Waals surface area contributed by atoms with E-state index in [-0.39, 0.29) is 5.75 Å². The van der Waals surface area contributed by atoms with Crippen LogP contribution in [0.15, 0.2) is 68.8 Å². The Morgan fingerprint density at radius 3 is 2.87 bits per heavy atom. The number of allylic oxidation sites excluding steroid dienone is 1. The summed E-state index contributed by atoms with van der Waals surface area (Å²) < 4.78 is 0. The van der Waals surface area contributed by atoms with Crippen LogP contribution in [0.4, 0.5) is 5.69 Å². The summed E-state index contributed by atoms with van der Waals surface area (Å²) in [5, 5.41) is 25.2. The molecular formula is C16H11N5OS. The summed E-state index contributed by atoms with van der Waals surface area (Å²) in [6, 6.07) is 8.93. The Hall–Kier alpha value is -2.98. The van der Waals surface area contributed by atoms with Gasteiger partial charge in [-0.15, -0.1) is 0 Å². The molecule has 2 heterocycles. The third kappa shape index (κ3) is 2.20. The molecule has 3 aliphatic rings. The summed E-state index contributed by atoms with van der Waals surface area (Å²) >= 11 is 1.33. The predicted octanol–water partition coefficient (Wildman–Crippen LogP) is 2.47. The van der Waals surface area contributed by atoms with E-state index in [1.165, 1.54) is 11.8 Å². The second-order valence-corrected chi connectivity index (χ2v) is 6.14. The highest BCUT2D eigenvalue weighted by Gasteiger charge is 2.46. The van der Waals surface area contributed by atoms with E-state index in [2.05, 4.69) is 26.7 Å². The van der Waals surface area contributed by atoms with E-state index in [0.29, 0.717) is 5.04 Å². The Bertz CT molecular complexity index is 873. The minimum Gasteiger partial charge on any atom is -0.508 e. The number of aromatic hydroxyl groups is 1. The topological polar surface area (TPSA) is 92.8 Å². The van der Waals surface area contributed by atoms with Crippen molar-refractivity contribution in [1.82, 2.24) is 5.32 Å². The van der Waals surface area contributed by atoms with Gasteiger partial charge in [-0.05, 0) is 36.4 Å². The van der Waals surface area contributed by atoms with Crippen molar-refractivity contribution < 1.29 is 5.11 Å². The van der Waals surface area contributed by atoms with Crippen LogP contribution < -0.4 is 10.6 Å². The summed E-state index contributed by atoms with van der Waals surface area (Å²) in [6.45, 7) is 0. The number of phenols is 1. The number of hydrogen-bond acceptors (Lipinski definition) is 7. The Morgan fingerprint density at radius 2 is 2.09 bits per heavy atom. The summed E-state index contributed by atoms with van der Waals surface area (Å²) in [5.41, 5.74) is 1.78. The molecule has 0 fully saturated rings. The average molecular weight is 321 g/mol. The van der Waals surface area contributed by atoms with E-state index in [1.54, 1.807) is 30.6 Å². The van der Waals surface area contributed by atoms with Crippen LogP contribution in [0, 0.1) is 11.3 Å². The maximum atomic E-state index is 9.36. The molecule has 0 aromatic heterocycles. The normalized spacial score (nSPS) is 24.1.